The number of furan rings is 1. The number of nitrogens with one attached hydrogen (secondary N) is 1. The maximum Gasteiger partial charge on any atom is 0.268 e. The van der Waals surface area contributed by atoms with Gasteiger partial charge in [0.2, 0.25) is 0 Å². The summed E-state index contributed by atoms with van der Waals surface area (Å²) in [6.07, 6.45) is 3.32. The monoisotopic (exact) mass is 365 g/mol. The fourth-order valence-corrected chi connectivity index (χ4v) is 3.09. The lowest BCUT2D eigenvalue weighted by Crippen LogP contribution is -2.26. The highest BCUT2D eigenvalue weighted by Gasteiger charge is 2.18. The summed E-state index contributed by atoms with van der Waals surface area (Å²) in [5.41, 5.74) is 3.78. The molecule has 6 heteroatoms. The summed E-state index contributed by atoms with van der Waals surface area (Å²) in [6.45, 7) is 0.841. The first-order valence-corrected chi connectivity index (χ1v) is 8.58. The Labute approximate surface area is 155 Å². The maximum absolute atomic E-state index is 12.7. The van der Waals surface area contributed by atoms with Crippen LogP contribution in [0, 0.1) is 0 Å². The van der Waals surface area contributed by atoms with E-state index < -0.39 is 0 Å². The Hall–Kier alpha value is -3.05. The lowest BCUT2D eigenvalue weighted by Gasteiger charge is -2.11. The van der Waals surface area contributed by atoms with Crippen molar-refractivity contribution in [3.8, 4) is 0 Å². The van der Waals surface area contributed by atoms with Crippen LogP contribution >= 0.6 is 11.6 Å². The van der Waals surface area contributed by atoms with Crippen molar-refractivity contribution in [3.63, 3.8) is 0 Å². The number of amides is 1. The third-order valence-electron chi connectivity index (χ3n) is 4.20. The maximum atomic E-state index is 12.7. The molecular weight excluding hydrogens is 350 g/mol. The summed E-state index contributed by atoms with van der Waals surface area (Å²) in [5, 5.41) is 3.57. The molecule has 3 heterocycles. The molecule has 3 aromatic heterocycles. The molecule has 4 aromatic rings. The molecule has 1 N–H and O–H groups in total. The number of carbonyl (C=O) groups is 1. The minimum absolute atomic E-state index is 0.186. The Morgan fingerprint density at radius 1 is 1.15 bits per heavy atom. The average Bonchev–Trinajstić information content (AvgIpc) is 3.25. The van der Waals surface area contributed by atoms with Gasteiger partial charge in [-0.2, -0.15) is 0 Å². The number of halogens is 1. The van der Waals surface area contributed by atoms with E-state index in [2.05, 4.69) is 10.3 Å². The first-order chi connectivity index (χ1) is 12.7. The molecule has 1 aromatic carbocycles. The number of nitrogens with zero attached hydrogens (tertiary/aromatic N) is 2. The van der Waals surface area contributed by atoms with Crippen molar-refractivity contribution in [1.82, 2.24) is 14.9 Å². The smallest absolute Gasteiger partial charge is 0.268 e. The Morgan fingerprint density at radius 3 is 2.81 bits per heavy atom. The number of hydrogen-bond donors (Lipinski definition) is 1. The molecule has 26 heavy (non-hydrogen) atoms. The van der Waals surface area contributed by atoms with E-state index in [4.69, 9.17) is 16.0 Å². The van der Waals surface area contributed by atoms with Gasteiger partial charge in [-0.15, -0.1) is 0 Å². The average molecular weight is 366 g/mol. The van der Waals surface area contributed by atoms with Crippen LogP contribution in [0.15, 0.2) is 71.5 Å². The Morgan fingerprint density at radius 2 is 2.00 bits per heavy atom. The molecule has 0 radical (unpaired) electrons. The molecule has 0 saturated carbocycles. The van der Waals surface area contributed by atoms with E-state index in [0.29, 0.717) is 29.4 Å². The molecule has 0 saturated heterocycles. The SMILES string of the molecule is O=C(NCc1ccccn1)c1cc2occc2n1Cc1ccccc1Cl. The number of benzene rings is 1. The predicted molar refractivity (Wildman–Crippen MR) is 100 cm³/mol. The van der Waals surface area contributed by atoms with E-state index in [1.807, 2.05) is 53.1 Å². The van der Waals surface area contributed by atoms with Gasteiger partial charge < -0.3 is 14.3 Å². The van der Waals surface area contributed by atoms with Crippen LogP contribution in [0.5, 0.6) is 0 Å². The van der Waals surface area contributed by atoms with Crippen molar-refractivity contribution in [3.05, 3.63) is 89.0 Å². The van der Waals surface area contributed by atoms with Gasteiger partial charge in [-0.05, 0) is 23.8 Å². The van der Waals surface area contributed by atoms with Crippen LogP contribution in [0.3, 0.4) is 0 Å². The molecule has 4 rings (SSSR count). The number of fused-ring (bicyclic) bond motifs is 1. The second-order valence-corrected chi connectivity index (χ2v) is 6.29. The van der Waals surface area contributed by atoms with Gasteiger partial charge in [0.15, 0.2) is 5.58 Å². The van der Waals surface area contributed by atoms with Crippen LogP contribution in [0.25, 0.3) is 11.1 Å². The summed E-state index contributed by atoms with van der Waals surface area (Å²) in [7, 11) is 0. The summed E-state index contributed by atoms with van der Waals surface area (Å²) < 4.78 is 7.38. The van der Waals surface area contributed by atoms with Crippen molar-refractivity contribution in [1.29, 1.82) is 0 Å². The summed E-state index contributed by atoms with van der Waals surface area (Å²) >= 11 is 6.29. The fourth-order valence-electron chi connectivity index (χ4n) is 2.90. The van der Waals surface area contributed by atoms with Crippen molar-refractivity contribution >= 4 is 28.6 Å². The highest BCUT2D eigenvalue weighted by Crippen LogP contribution is 2.24. The van der Waals surface area contributed by atoms with Crippen LogP contribution in [-0.4, -0.2) is 15.5 Å². The minimum atomic E-state index is -0.186. The van der Waals surface area contributed by atoms with Crippen LogP contribution in [-0.2, 0) is 13.1 Å². The van der Waals surface area contributed by atoms with Gasteiger partial charge in [0, 0.05) is 29.9 Å². The molecule has 0 fully saturated rings. The van der Waals surface area contributed by atoms with Crippen LogP contribution in [0.2, 0.25) is 5.02 Å². The highest BCUT2D eigenvalue weighted by molar-refractivity contribution is 6.31. The topological polar surface area (TPSA) is 60.1 Å². The van der Waals surface area contributed by atoms with Gasteiger partial charge in [-0.3, -0.25) is 9.78 Å². The molecule has 1 amide bonds. The normalized spacial score (nSPS) is 11.0. The largest absolute Gasteiger partial charge is 0.463 e. The second-order valence-electron chi connectivity index (χ2n) is 5.88. The molecule has 0 atom stereocenters. The zero-order valence-electron chi connectivity index (χ0n) is 13.9. The number of pyridine rings is 1. The zero-order chi connectivity index (χ0) is 17.9. The standard InChI is InChI=1S/C20H16ClN3O2/c21-16-7-2-1-5-14(16)13-24-17-8-10-26-19(17)11-18(24)20(25)23-12-15-6-3-4-9-22-15/h1-11H,12-13H2,(H,23,25). The number of hydrogen-bond acceptors (Lipinski definition) is 3. The molecule has 0 aliphatic carbocycles. The first-order valence-electron chi connectivity index (χ1n) is 8.20. The van der Waals surface area contributed by atoms with Gasteiger partial charge in [0.05, 0.1) is 24.0 Å². The van der Waals surface area contributed by atoms with Gasteiger partial charge in [-0.1, -0.05) is 35.9 Å². The Bertz CT molecular complexity index is 1050. The van der Waals surface area contributed by atoms with E-state index in [0.717, 1.165) is 16.8 Å². The lowest BCUT2D eigenvalue weighted by atomic mass is 10.2. The quantitative estimate of drug-likeness (QED) is 0.574. The van der Waals surface area contributed by atoms with E-state index in [9.17, 15) is 4.79 Å². The van der Waals surface area contributed by atoms with Gasteiger partial charge in [-0.25, -0.2) is 0 Å². The summed E-state index contributed by atoms with van der Waals surface area (Å²) in [4.78, 5) is 17.0. The molecule has 0 unspecified atom stereocenters. The minimum Gasteiger partial charge on any atom is -0.463 e. The Kier molecular flexibility index (Phi) is 4.46. The van der Waals surface area contributed by atoms with Crippen molar-refractivity contribution in [2.45, 2.75) is 13.1 Å². The lowest BCUT2D eigenvalue weighted by molar-refractivity contribution is 0.0942. The molecule has 130 valence electrons. The highest BCUT2D eigenvalue weighted by atomic mass is 35.5. The van der Waals surface area contributed by atoms with Gasteiger partial charge in [0.1, 0.15) is 5.69 Å². The Balaban J connectivity index is 1.63. The number of carbonyl (C=O) groups excluding carboxylic acids is 1. The van der Waals surface area contributed by atoms with E-state index in [1.54, 1.807) is 18.5 Å². The molecule has 0 bridgehead atoms. The van der Waals surface area contributed by atoms with E-state index in [1.165, 1.54) is 0 Å². The summed E-state index contributed by atoms with van der Waals surface area (Å²) in [6, 6.07) is 16.8. The van der Waals surface area contributed by atoms with Crippen molar-refractivity contribution in [2.24, 2.45) is 0 Å². The van der Waals surface area contributed by atoms with E-state index >= 15 is 0 Å². The second kappa shape index (κ2) is 7.06. The van der Waals surface area contributed by atoms with Crippen LogP contribution in [0.1, 0.15) is 21.7 Å². The fraction of sp³-hybridized carbons (Fsp3) is 0.100. The third-order valence-corrected chi connectivity index (χ3v) is 4.57. The van der Waals surface area contributed by atoms with Crippen molar-refractivity contribution < 1.29 is 9.21 Å². The van der Waals surface area contributed by atoms with Crippen LogP contribution < -0.4 is 5.32 Å². The summed E-state index contributed by atoms with van der Waals surface area (Å²) in [5.74, 6) is -0.186. The zero-order valence-corrected chi connectivity index (χ0v) is 14.6. The van der Waals surface area contributed by atoms with Crippen LogP contribution in [0.4, 0.5) is 0 Å². The third kappa shape index (κ3) is 3.21. The molecule has 5 nitrogen and oxygen atoms in total. The molecule has 0 spiro atoms. The molecule has 0 aliphatic rings. The first kappa shape index (κ1) is 16.4. The van der Waals surface area contributed by atoms with Gasteiger partial charge >= 0.3 is 0 Å². The number of rotatable bonds is 5. The number of aromatic nitrogens is 2. The van der Waals surface area contributed by atoms with E-state index in [-0.39, 0.29) is 5.91 Å². The molecule has 0 aliphatic heterocycles. The van der Waals surface area contributed by atoms with Crippen molar-refractivity contribution in [2.75, 3.05) is 0 Å². The van der Waals surface area contributed by atoms with Gasteiger partial charge in [0.25, 0.3) is 5.91 Å². The predicted octanol–water partition coefficient (Wildman–Crippen LogP) is 4.26. The molecular formula is C20H16ClN3O2.